The molecule has 1 aromatic rings. The number of aryl methyl sites for hydroxylation is 1. The molecule has 1 atom stereocenters. The lowest BCUT2D eigenvalue weighted by atomic mass is 10.1. The minimum atomic E-state index is -1.55. The summed E-state index contributed by atoms with van der Waals surface area (Å²) < 4.78 is 0. The van der Waals surface area contributed by atoms with Crippen molar-refractivity contribution in [1.29, 1.82) is 0 Å². The van der Waals surface area contributed by atoms with Gasteiger partial charge in [0, 0.05) is 30.7 Å². The number of amides is 1. The van der Waals surface area contributed by atoms with E-state index in [0.29, 0.717) is 5.56 Å². The summed E-state index contributed by atoms with van der Waals surface area (Å²) in [7, 11) is 0. The van der Waals surface area contributed by atoms with E-state index in [0.717, 1.165) is 6.07 Å². The first-order chi connectivity index (χ1) is 9.32. The smallest absolute Gasteiger partial charge is 0.332 e. The lowest BCUT2D eigenvalue weighted by Gasteiger charge is -2.09. The predicted octanol–water partition coefficient (Wildman–Crippen LogP) is 0.469. The van der Waals surface area contributed by atoms with Gasteiger partial charge >= 0.3 is 5.97 Å². The number of benzene rings is 1. The van der Waals surface area contributed by atoms with Crippen LogP contribution in [0.25, 0.3) is 0 Å². The number of nitrogens with zero attached hydrogens (tertiary/aromatic N) is 1. The molecular weight excluding hydrogens is 268 g/mol. The molecule has 0 saturated carbocycles. The number of nitrogens with one attached hydrogen (secondary N) is 1. The van der Waals surface area contributed by atoms with E-state index in [2.05, 4.69) is 5.32 Å². The number of carbonyl (C=O) groups is 2. The molecule has 0 aliphatic heterocycles. The second-order valence-electron chi connectivity index (χ2n) is 4.15. The highest BCUT2D eigenvalue weighted by molar-refractivity contribution is 5.96. The summed E-state index contributed by atoms with van der Waals surface area (Å²) in [4.78, 5) is 32.2. The van der Waals surface area contributed by atoms with Crippen LogP contribution in [-0.4, -0.2) is 39.7 Å². The van der Waals surface area contributed by atoms with Gasteiger partial charge in [-0.25, -0.2) is 4.79 Å². The SMILES string of the molecule is Cc1ccc([N+](=O)[O-])cc1C(=O)NCC[C@H](O)C(=O)O. The average Bonchev–Trinajstić information content (AvgIpc) is 2.38. The van der Waals surface area contributed by atoms with Crippen molar-refractivity contribution in [3.05, 3.63) is 39.4 Å². The van der Waals surface area contributed by atoms with Gasteiger partial charge in [-0.3, -0.25) is 14.9 Å². The number of carbonyl (C=O) groups excluding carboxylic acids is 1. The van der Waals surface area contributed by atoms with Crippen LogP contribution in [0.3, 0.4) is 0 Å². The minimum absolute atomic E-state index is 0.0472. The van der Waals surface area contributed by atoms with Crippen molar-refractivity contribution in [1.82, 2.24) is 5.32 Å². The van der Waals surface area contributed by atoms with Gasteiger partial charge in [0.1, 0.15) is 0 Å². The Morgan fingerprint density at radius 3 is 2.65 bits per heavy atom. The van der Waals surface area contributed by atoms with E-state index in [1.54, 1.807) is 6.92 Å². The third-order valence-corrected chi connectivity index (χ3v) is 2.66. The molecule has 8 nitrogen and oxygen atoms in total. The molecule has 0 radical (unpaired) electrons. The molecule has 0 aliphatic rings. The Bertz CT molecular complexity index is 543. The molecule has 0 bridgehead atoms. The number of hydrogen-bond acceptors (Lipinski definition) is 5. The minimum Gasteiger partial charge on any atom is -0.479 e. The van der Waals surface area contributed by atoms with Crippen molar-refractivity contribution in [3.63, 3.8) is 0 Å². The Labute approximate surface area is 114 Å². The van der Waals surface area contributed by atoms with Crippen molar-refractivity contribution < 1.29 is 24.7 Å². The summed E-state index contributed by atoms with van der Waals surface area (Å²) in [6, 6.07) is 3.90. The van der Waals surface area contributed by atoms with Crippen LogP contribution in [0.4, 0.5) is 5.69 Å². The number of non-ortho nitro benzene ring substituents is 1. The van der Waals surface area contributed by atoms with E-state index in [4.69, 9.17) is 10.2 Å². The molecule has 20 heavy (non-hydrogen) atoms. The van der Waals surface area contributed by atoms with Gasteiger partial charge in [0.05, 0.1) is 4.92 Å². The van der Waals surface area contributed by atoms with Gasteiger partial charge in [0.15, 0.2) is 6.10 Å². The highest BCUT2D eigenvalue weighted by Crippen LogP contribution is 2.17. The van der Waals surface area contributed by atoms with E-state index in [1.807, 2.05) is 0 Å². The quantitative estimate of drug-likeness (QED) is 0.513. The Balaban J connectivity index is 2.70. The molecule has 3 N–H and O–H groups in total. The second-order valence-corrected chi connectivity index (χ2v) is 4.15. The summed E-state index contributed by atoms with van der Waals surface area (Å²) >= 11 is 0. The fourth-order valence-corrected chi connectivity index (χ4v) is 1.51. The fourth-order valence-electron chi connectivity index (χ4n) is 1.51. The van der Waals surface area contributed by atoms with Crippen LogP contribution in [0.5, 0.6) is 0 Å². The third kappa shape index (κ3) is 4.02. The van der Waals surface area contributed by atoms with Crippen molar-refractivity contribution in [2.24, 2.45) is 0 Å². The van der Waals surface area contributed by atoms with E-state index < -0.39 is 22.9 Å². The van der Waals surface area contributed by atoms with Crippen LogP contribution in [0.1, 0.15) is 22.3 Å². The number of nitro benzene ring substituents is 1. The van der Waals surface area contributed by atoms with Crippen molar-refractivity contribution in [2.45, 2.75) is 19.4 Å². The molecule has 0 saturated heterocycles. The van der Waals surface area contributed by atoms with E-state index >= 15 is 0 Å². The molecular formula is C12H14N2O6. The average molecular weight is 282 g/mol. The van der Waals surface area contributed by atoms with Crippen molar-refractivity contribution in [2.75, 3.05) is 6.54 Å². The molecule has 0 aromatic heterocycles. The van der Waals surface area contributed by atoms with Gasteiger partial charge in [-0.1, -0.05) is 6.07 Å². The number of aliphatic hydroxyl groups is 1. The molecule has 1 rings (SSSR count). The Kier molecular flexibility index (Phi) is 5.15. The number of rotatable bonds is 6. The predicted molar refractivity (Wildman–Crippen MR) is 68.4 cm³/mol. The van der Waals surface area contributed by atoms with Crippen LogP contribution < -0.4 is 5.32 Å². The number of hydrogen-bond donors (Lipinski definition) is 3. The van der Waals surface area contributed by atoms with Gasteiger partial charge in [0.25, 0.3) is 11.6 Å². The summed E-state index contributed by atoms with van der Waals surface area (Å²) in [6.45, 7) is 1.58. The molecule has 0 spiro atoms. The maximum absolute atomic E-state index is 11.8. The highest BCUT2D eigenvalue weighted by Gasteiger charge is 2.16. The summed E-state index contributed by atoms with van der Waals surface area (Å²) in [6.07, 6.45) is -1.70. The number of nitro groups is 1. The molecule has 0 fully saturated rings. The van der Waals surface area contributed by atoms with Gasteiger partial charge in [-0.15, -0.1) is 0 Å². The molecule has 1 aromatic carbocycles. The maximum atomic E-state index is 11.8. The molecule has 0 aliphatic carbocycles. The topological polar surface area (TPSA) is 130 Å². The van der Waals surface area contributed by atoms with Crippen LogP contribution in [0.2, 0.25) is 0 Å². The number of aliphatic hydroxyl groups excluding tert-OH is 1. The largest absolute Gasteiger partial charge is 0.479 e. The first-order valence-electron chi connectivity index (χ1n) is 5.77. The van der Waals surface area contributed by atoms with Crippen molar-refractivity contribution in [3.8, 4) is 0 Å². The molecule has 1 amide bonds. The lowest BCUT2D eigenvalue weighted by molar-refractivity contribution is -0.384. The summed E-state index contributed by atoms with van der Waals surface area (Å²) in [5.74, 6) is -1.92. The molecule has 0 heterocycles. The van der Waals surface area contributed by atoms with Gasteiger partial charge in [0.2, 0.25) is 0 Å². The zero-order chi connectivity index (χ0) is 15.3. The van der Waals surface area contributed by atoms with E-state index in [9.17, 15) is 19.7 Å². The lowest BCUT2D eigenvalue weighted by Crippen LogP contribution is -2.30. The molecule has 108 valence electrons. The second kappa shape index (κ2) is 6.62. The highest BCUT2D eigenvalue weighted by atomic mass is 16.6. The molecule has 8 heteroatoms. The van der Waals surface area contributed by atoms with Gasteiger partial charge in [-0.2, -0.15) is 0 Å². The van der Waals surface area contributed by atoms with Crippen molar-refractivity contribution >= 4 is 17.6 Å². The summed E-state index contributed by atoms with van der Waals surface area (Å²) in [5.41, 5.74) is 0.502. The zero-order valence-corrected chi connectivity index (χ0v) is 10.7. The van der Waals surface area contributed by atoms with E-state index in [1.165, 1.54) is 12.1 Å². The van der Waals surface area contributed by atoms with Crippen LogP contribution in [-0.2, 0) is 4.79 Å². The monoisotopic (exact) mass is 282 g/mol. The number of carboxylic acid groups (broad SMARTS) is 1. The van der Waals surface area contributed by atoms with E-state index in [-0.39, 0.29) is 24.2 Å². The Morgan fingerprint density at radius 2 is 2.10 bits per heavy atom. The van der Waals surface area contributed by atoms with Crippen LogP contribution >= 0.6 is 0 Å². The number of carboxylic acids is 1. The van der Waals surface area contributed by atoms with Crippen LogP contribution in [0, 0.1) is 17.0 Å². The first-order valence-corrected chi connectivity index (χ1v) is 5.77. The number of aliphatic carboxylic acids is 1. The Hall–Kier alpha value is -2.48. The van der Waals surface area contributed by atoms with Crippen LogP contribution in [0.15, 0.2) is 18.2 Å². The maximum Gasteiger partial charge on any atom is 0.332 e. The standard InChI is InChI=1S/C12H14N2O6/c1-7-2-3-8(14(19)20)6-9(7)11(16)13-5-4-10(15)12(17)18/h2-3,6,10,15H,4-5H2,1H3,(H,13,16)(H,17,18)/t10-/m0/s1. The van der Waals surface area contributed by atoms with Gasteiger partial charge in [-0.05, 0) is 12.5 Å². The first kappa shape index (κ1) is 15.6. The zero-order valence-electron chi connectivity index (χ0n) is 10.7. The molecule has 0 unspecified atom stereocenters. The third-order valence-electron chi connectivity index (χ3n) is 2.66. The normalized spacial score (nSPS) is 11.7. The van der Waals surface area contributed by atoms with Gasteiger partial charge < -0.3 is 15.5 Å². The summed E-state index contributed by atoms with van der Waals surface area (Å²) in [5, 5.41) is 30.6. The fraction of sp³-hybridized carbons (Fsp3) is 0.333. The Morgan fingerprint density at radius 1 is 1.45 bits per heavy atom.